The van der Waals surface area contributed by atoms with Gasteiger partial charge in [0.15, 0.2) is 6.29 Å². The molecule has 0 heterocycles. The van der Waals surface area contributed by atoms with Crippen molar-refractivity contribution in [1.29, 1.82) is 0 Å². The van der Waals surface area contributed by atoms with E-state index >= 15 is 0 Å². The van der Waals surface area contributed by atoms with Crippen LogP contribution in [0.4, 0.5) is 0 Å². The third kappa shape index (κ3) is 21.2. The van der Waals surface area contributed by atoms with E-state index in [-0.39, 0.29) is 12.8 Å². The SMILES string of the molecule is CCCCC(CC)COC(C)O.O=C(O)CCCCC(=O)O. The van der Waals surface area contributed by atoms with Crippen LogP contribution in [0.1, 0.15) is 72.1 Å². The smallest absolute Gasteiger partial charge is 0.303 e. The molecule has 0 rings (SSSR count). The molecule has 0 saturated heterocycles. The van der Waals surface area contributed by atoms with E-state index < -0.39 is 18.2 Å². The monoisotopic (exact) mass is 320 g/mol. The molecule has 6 nitrogen and oxygen atoms in total. The number of aliphatic hydroxyl groups excluding tert-OH is 1. The fourth-order valence-corrected chi connectivity index (χ4v) is 1.73. The number of aliphatic carboxylic acids is 2. The molecule has 0 aliphatic heterocycles. The van der Waals surface area contributed by atoms with Gasteiger partial charge in [-0.2, -0.15) is 0 Å². The van der Waals surface area contributed by atoms with Crippen molar-refractivity contribution in [3.8, 4) is 0 Å². The number of carboxylic acids is 2. The van der Waals surface area contributed by atoms with Gasteiger partial charge >= 0.3 is 11.9 Å². The van der Waals surface area contributed by atoms with E-state index in [1.165, 1.54) is 19.3 Å². The Morgan fingerprint density at radius 1 is 1.00 bits per heavy atom. The van der Waals surface area contributed by atoms with Crippen molar-refractivity contribution >= 4 is 11.9 Å². The maximum absolute atomic E-state index is 9.90. The molecule has 0 aromatic carbocycles. The van der Waals surface area contributed by atoms with Crippen molar-refractivity contribution in [2.24, 2.45) is 5.92 Å². The van der Waals surface area contributed by atoms with Gasteiger partial charge in [-0.25, -0.2) is 0 Å². The average Bonchev–Trinajstić information content (AvgIpc) is 2.44. The molecule has 0 saturated carbocycles. The van der Waals surface area contributed by atoms with Crippen LogP contribution in [0.2, 0.25) is 0 Å². The molecule has 6 heteroatoms. The topological polar surface area (TPSA) is 104 Å². The second-order valence-electron chi connectivity index (χ2n) is 5.34. The van der Waals surface area contributed by atoms with Crippen molar-refractivity contribution in [3.05, 3.63) is 0 Å². The summed E-state index contributed by atoms with van der Waals surface area (Å²) in [6, 6.07) is 0. The van der Waals surface area contributed by atoms with Gasteiger partial charge in [0, 0.05) is 12.8 Å². The Morgan fingerprint density at radius 3 is 1.82 bits per heavy atom. The number of unbranched alkanes of at least 4 members (excludes halogenated alkanes) is 2. The highest BCUT2D eigenvalue weighted by molar-refractivity contribution is 5.67. The van der Waals surface area contributed by atoms with Crippen molar-refractivity contribution in [3.63, 3.8) is 0 Å². The highest BCUT2D eigenvalue weighted by atomic mass is 16.6. The van der Waals surface area contributed by atoms with Crippen molar-refractivity contribution < 1.29 is 29.6 Å². The van der Waals surface area contributed by atoms with Gasteiger partial charge in [0.2, 0.25) is 0 Å². The zero-order valence-corrected chi connectivity index (χ0v) is 14.1. The number of carboxylic acid groups (broad SMARTS) is 2. The van der Waals surface area contributed by atoms with Gasteiger partial charge in [0.05, 0.1) is 6.61 Å². The Hall–Kier alpha value is -1.14. The third-order valence-electron chi connectivity index (χ3n) is 3.15. The quantitative estimate of drug-likeness (QED) is 0.376. The molecule has 0 bridgehead atoms. The van der Waals surface area contributed by atoms with E-state index in [2.05, 4.69) is 13.8 Å². The number of rotatable bonds is 12. The fourth-order valence-electron chi connectivity index (χ4n) is 1.73. The zero-order chi connectivity index (χ0) is 17.4. The summed E-state index contributed by atoms with van der Waals surface area (Å²) >= 11 is 0. The number of aliphatic hydroxyl groups is 1. The van der Waals surface area contributed by atoms with E-state index in [1.54, 1.807) is 6.92 Å². The van der Waals surface area contributed by atoms with Crippen LogP contribution in [-0.2, 0) is 14.3 Å². The number of carbonyl (C=O) groups is 2. The summed E-state index contributed by atoms with van der Waals surface area (Å²) in [6.45, 7) is 6.73. The van der Waals surface area contributed by atoms with Gasteiger partial charge in [-0.15, -0.1) is 0 Å². The van der Waals surface area contributed by atoms with Crippen LogP contribution >= 0.6 is 0 Å². The molecular formula is C16H32O6. The van der Waals surface area contributed by atoms with Gasteiger partial charge in [0.25, 0.3) is 0 Å². The zero-order valence-electron chi connectivity index (χ0n) is 14.1. The summed E-state index contributed by atoms with van der Waals surface area (Å²) in [5.74, 6) is -1.12. The molecular weight excluding hydrogens is 288 g/mol. The lowest BCUT2D eigenvalue weighted by Gasteiger charge is -2.15. The maximum Gasteiger partial charge on any atom is 0.303 e. The predicted molar refractivity (Wildman–Crippen MR) is 84.7 cm³/mol. The number of ether oxygens (including phenoxy) is 1. The minimum absolute atomic E-state index is 0.0628. The summed E-state index contributed by atoms with van der Waals surface area (Å²) in [5.41, 5.74) is 0. The van der Waals surface area contributed by atoms with E-state index in [1.807, 2.05) is 0 Å². The van der Waals surface area contributed by atoms with Gasteiger partial charge in [-0.3, -0.25) is 9.59 Å². The van der Waals surface area contributed by atoms with Crippen molar-refractivity contribution in [2.75, 3.05) is 6.61 Å². The molecule has 0 amide bonds. The first-order valence-electron chi connectivity index (χ1n) is 8.06. The third-order valence-corrected chi connectivity index (χ3v) is 3.15. The molecule has 0 aliphatic carbocycles. The Labute approximate surface area is 133 Å². The lowest BCUT2D eigenvalue weighted by Crippen LogP contribution is -2.14. The van der Waals surface area contributed by atoms with E-state index in [9.17, 15) is 9.59 Å². The summed E-state index contributed by atoms with van der Waals surface area (Å²) in [5, 5.41) is 25.2. The molecule has 22 heavy (non-hydrogen) atoms. The van der Waals surface area contributed by atoms with Crippen LogP contribution in [0.5, 0.6) is 0 Å². The Morgan fingerprint density at radius 2 is 1.50 bits per heavy atom. The Balaban J connectivity index is 0. The molecule has 3 N–H and O–H groups in total. The summed E-state index contributed by atoms with van der Waals surface area (Å²) in [4.78, 5) is 19.8. The molecule has 0 aromatic heterocycles. The first-order valence-corrected chi connectivity index (χ1v) is 8.06. The standard InChI is InChI=1S/C10H22O2.C6H10O4/c1-4-6-7-10(5-2)8-12-9(3)11;7-5(8)3-1-2-4-6(9)10/h9-11H,4-8H2,1-3H3;1-4H2,(H,7,8)(H,9,10). The highest BCUT2D eigenvalue weighted by Crippen LogP contribution is 2.13. The van der Waals surface area contributed by atoms with Gasteiger partial charge < -0.3 is 20.1 Å². The molecule has 0 aromatic rings. The van der Waals surface area contributed by atoms with Crippen LogP contribution in [0.25, 0.3) is 0 Å². The number of hydrogen-bond donors (Lipinski definition) is 3. The van der Waals surface area contributed by atoms with Crippen LogP contribution in [0.3, 0.4) is 0 Å². The first-order chi connectivity index (χ1) is 10.3. The largest absolute Gasteiger partial charge is 0.481 e. The first kappa shape index (κ1) is 23.1. The van der Waals surface area contributed by atoms with E-state index in [0.29, 0.717) is 25.4 Å². The summed E-state index contributed by atoms with van der Waals surface area (Å²) in [7, 11) is 0. The summed E-state index contributed by atoms with van der Waals surface area (Å²) < 4.78 is 5.15. The van der Waals surface area contributed by atoms with Crippen molar-refractivity contribution in [2.45, 2.75) is 78.4 Å². The van der Waals surface area contributed by atoms with Crippen LogP contribution < -0.4 is 0 Å². The molecule has 0 radical (unpaired) electrons. The number of hydrogen-bond acceptors (Lipinski definition) is 4. The van der Waals surface area contributed by atoms with Gasteiger partial charge in [-0.05, 0) is 32.1 Å². The molecule has 0 spiro atoms. The lowest BCUT2D eigenvalue weighted by molar-refractivity contribution is -0.139. The Bertz CT molecular complexity index is 262. The van der Waals surface area contributed by atoms with Crippen LogP contribution in [0, 0.1) is 5.92 Å². The van der Waals surface area contributed by atoms with Crippen LogP contribution in [-0.4, -0.2) is 40.2 Å². The van der Waals surface area contributed by atoms with Gasteiger partial charge in [0.1, 0.15) is 0 Å². The van der Waals surface area contributed by atoms with E-state index in [4.69, 9.17) is 20.1 Å². The molecule has 2 atom stereocenters. The Kier molecular flexibility index (Phi) is 17.1. The normalized spacial score (nSPS) is 12.9. The maximum atomic E-state index is 9.90. The summed E-state index contributed by atoms with van der Waals surface area (Å²) in [6.07, 6.45) is 5.28. The predicted octanol–water partition coefficient (Wildman–Crippen LogP) is 3.27. The second kappa shape index (κ2) is 16.2. The molecule has 0 aliphatic rings. The average molecular weight is 320 g/mol. The fraction of sp³-hybridized carbons (Fsp3) is 0.875. The van der Waals surface area contributed by atoms with Crippen LogP contribution in [0.15, 0.2) is 0 Å². The van der Waals surface area contributed by atoms with Gasteiger partial charge in [-0.1, -0.05) is 33.1 Å². The second-order valence-corrected chi connectivity index (χ2v) is 5.34. The highest BCUT2D eigenvalue weighted by Gasteiger charge is 2.06. The van der Waals surface area contributed by atoms with Crippen molar-refractivity contribution in [1.82, 2.24) is 0 Å². The lowest BCUT2D eigenvalue weighted by atomic mass is 10.0. The minimum atomic E-state index is -0.870. The molecule has 2 unspecified atom stereocenters. The van der Waals surface area contributed by atoms with E-state index in [0.717, 1.165) is 6.42 Å². The molecule has 0 fully saturated rings. The minimum Gasteiger partial charge on any atom is -0.481 e. The molecule has 132 valence electrons.